The number of halogens is 2. The third-order valence-corrected chi connectivity index (χ3v) is 3.62. The van der Waals surface area contributed by atoms with E-state index in [9.17, 15) is 9.59 Å². The van der Waals surface area contributed by atoms with Crippen LogP contribution < -0.4 is 11.1 Å². The highest BCUT2D eigenvalue weighted by molar-refractivity contribution is 14.1. The van der Waals surface area contributed by atoms with Crippen molar-refractivity contribution in [3.05, 3.63) is 59.1 Å². The van der Waals surface area contributed by atoms with Crippen LogP contribution in [0.5, 0.6) is 0 Å². The summed E-state index contributed by atoms with van der Waals surface area (Å²) in [6, 6.07) is 8.64. The van der Waals surface area contributed by atoms with Crippen LogP contribution in [0, 0.1) is 3.57 Å². The summed E-state index contributed by atoms with van der Waals surface area (Å²) < 4.78 is 3.95. The summed E-state index contributed by atoms with van der Waals surface area (Å²) in [6.07, 6.45) is 0. The van der Waals surface area contributed by atoms with E-state index >= 15 is 0 Å². The quantitative estimate of drug-likeness (QED) is 0.679. The van der Waals surface area contributed by atoms with E-state index in [2.05, 4.69) is 38.5 Å². The minimum Gasteiger partial charge on any atom is -0.268 e. The fourth-order valence-electron chi connectivity index (χ4n) is 1.47. The Morgan fingerprint density at radius 2 is 1.76 bits per heavy atom. The third-order valence-electron chi connectivity index (χ3n) is 2.34. The molecule has 6 heteroatoms. The summed E-state index contributed by atoms with van der Waals surface area (Å²) in [5, 5.41) is 0. The van der Waals surface area contributed by atoms with E-state index in [-0.39, 0.29) is 15.6 Å². The highest BCUT2D eigenvalue weighted by Crippen LogP contribution is 2.09. The van der Waals surface area contributed by atoms with Gasteiger partial charge in [0.05, 0.1) is 10.2 Å². The molecule has 1 aromatic carbocycles. The van der Waals surface area contributed by atoms with Crippen molar-refractivity contribution in [1.29, 1.82) is 0 Å². The molecule has 0 fully saturated rings. The third kappa shape index (κ3) is 2.37. The first kappa shape index (κ1) is 12.6. The zero-order chi connectivity index (χ0) is 12.6. The second kappa shape index (κ2) is 4.77. The highest BCUT2D eigenvalue weighted by Gasteiger charge is 2.08. The summed E-state index contributed by atoms with van der Waals surface area (Å²) >= 11 is 5.28. The van der Waals surface area contributed by atoms with Crippen molar-refractivity contribution < 1.29 is 0 Å². The van der Waals surface area contributed by atoms with E-state index < -0.39 is 0 Å². The topological polar surface area (TPSA) is 44.0 Å². The second-order valence-corrected chi connectivity index (χ2v) is 5.55. The normalized spacial score (nSPS) is 10.5. The zero-order valence-corrected chi connectivity index (χ0v) is 12.6. The molecule has 0 bridgehead atoms. The van der Waals surface area contributed by atoms with Crippen LogP contribution in [-0.4, -0.2) is 9.36 Å². The zero-order valence-electron chi connectivity index (χ0n) is 8.85. The highest BCUT2D eigenvalue weighted by atomic mass is 127. The molecule has 2 aromatic rings. The van der Waals surface area contributed by atoms with Gasteiger partial charge in [0.25, 0.3) is 11.1 Å². The van der Waals surface area contributed by atoms with Gasteiger partial charge in [0.1, 0.15) is 0 Å². The first-order chi connectivity index (χ1) is 8.00. The average molecular weight is 407 g/mol. The van der Waals surface area contributed by atoms with Crippen molar-refractivity contribution in [2.75, 3.05) is 0 Å². The summed E-state index contributed by atoms with van der Waals surface area (Å²) in [5.74, 6) is 0. The van der Waals surface area contributed by atoms with Crippen LogP contribution in [-0.2, 0) is 7.05 Å². The van der Waals surface area contributed by atoms with Crippen LogP contribution in [0.2, 0.25) is 0 Å². The monoisotopic (exact) mass is 406 g/mol. The Hall–Kier alpha value is -0.890. The number of rotatable bonds is 1. The number of hydrogen-bond acceptors (Lipinski definition) is 2. The molecule has 1 aromatic heterocycles. The second-order valence-electron chi connectivity index (χ2n) is 3.45. The van der Waals surface area contributed by atoms with Gasteiger partial charge in [-0.15, -0.1) is 0 Å². The van der Waals surface area contributed by atoms with Gasteiger partial charge in [0.2, 0.25) is 0 Å². The minimum atomic E-state index is -0.256. The van der Waals surface area contributed by atoms with Gasteiger partial charge < -0.3 is 0 Å². The van der Waals surface area contributed by atoms with Gasteiger partial charge in [-0.3, -0.25) is 9.59 Å². The lowest BCUT2D eigenvalue weighted by Crippen LogP contribution is -2.35. The molecular weight excluding hydrogens is 399 g/mol. The Kier molecular flexibility index (Phi) is 3.53. The van der Waals surface area contributed by atoms with Crippen LogP contribution in [0.1, 0.15) is 0 Å². The molecule has 0 saturated heterocycles. The summed E-state index contributed by atoms with van der Waals surface area (Å²) in [4.78, 5) is 23.6. The molecule has 2 rings (SSSR count). The lowest BCUT2D eigenvalue weighted by atomic mass is 10.3. The summed E-state index contributed by atoms with van der Waals surface area (Å²) in [6.45, 7) is 0. The van der Waals surface area contributed by atoms with Crippen molar-refractivity contribution in [3.8, 4) is 5.69 Å². The van der Waals surface area contributed by atoms with Gasteiger partial charge in [-0.25, -0.2) is 9.36 Å². The van der Waals surface area contributed by atoms with E-state index in [1.165, 1.54) is 15.4 Å². The van der Waals surface area contributed by atoms with E-state index in [1.54, 1.807) is 19.2 Å². The molecule has 0 atom stereocenters. The summed E-state index contributed by atoms with van der Waals surface area (Å²) in [7, 11) is 1.56. The van der Waals surface area contributed by atoms with Crippen molar-refractivity contribution in [3.63, 3.8) is 0 Å². The molecule has 0 spiro atoms. The molecule has 17 heavy (non-hydrogen) atoms. The Bertz CT molecular complexity index is 673. The Morgan fingerprint density at radius 3 is 2.35 bits per heavy atom. The Morgan fingerprint density at radius 1 is 1.18 bits per heavy atom. The van der Waals surface area contributed by atoms with Gasteiger partial charge in [-0.1, -0.05) is 0 Å². The molecule has 0 radical (unpaired) electrons. The van der Waals surface area contributed by atoms with Crippen LogP contribution in [0.4, 0.5) is 0 Å². The van der Waals surface area contributed by atoms with Gasteiger partial charge in [-0.2, -0.15) is 0 Å². The van der Waals surface area contributed by atoms with Crippen LogP contribution in [0.3, 0.4) is 0 Å². The van der Waals surface area contributed by atoms with Crippen LogP contribution in [0.15, 0.2) is 44.4 Å². The standard InChI is InChI=1S/C11H8BrIN2O2/c1-14-10(16)6-9(12)11(17)15(14)8-4-2-7(13)3-5-8/h2-6H,1H3. The maximum Gasteiger partial charge on any atom is 0.284 e. The fraction of sp³-hybridized carbons (Fsp3) is 0.0909. The maximum atomic E-state index is 12.0. The SMILES string of the molecule is Cn1c(=O)cc(Br)c(=O)n1-c1ccc(I)cc1. The molecular formula is C11H8BrIN2O2. The van der Waals surface area contributed by atoms with Crippen LogP contribution in [0.25, 0.3) is 5.69 Å². The first-order valence-electron chi connectivity index (χ1n) is 4.75. The van der Waals surface area contributed by atoms with Gasteiger partial charge in [0, 0.05) is 16.7 Å². The number of nitrogens with zero attached hydrogens (tertiary/aromatic N) is 2. The number of aromatic nitrogens is 2. The predicted molar refractivity (Wildman–Crippen MR) is 77.7 cm³/mol. The Balaban J connectivity index is 2.79. The number of benzene rings is 1. The van der Waals surface area contributed by atoms with Crippen molar-refractivity contribution in [2.24, 2.45) is 7.05 Å². The molecule has 0 N–H and O–H groups in total. The molecule has 0 aliphatic carbocycles. The number of hydrogen-bond donors (Lipinski definition) is 0. The molecule has 0 saturated carbocycles. The summed E-state index contributed by atoms with van der Waals surface area (Å²) in [5.41, 5.74) is 0.166. The lowest BCUT2D eigenvalue weighted by molar-refractivity contribution is 0.590. The van der Waals surface area contributed by atoms with Crippen molar-refractivity contribution >= 4 is 38.5 Å². The smallest absolute Gasteiger partial charge is 0.268 e. The van der Waals surface area contributed by atoms with Crippen molar-refractivity contribution in [1.82, 2.24) is 9.36 Å². The molecule has 0 amide bonds. The largest absolute Gasteiger partial charge is 0.284 e. The first-order valence-corrected chi connectivity index (χ1v) is 6.62. The molecule has 88 valence electrons. The molecule has 1 heterocycles. The predicted octanol–water partition coefficient (Wildman–Crippen LogP) is 1.90. The van der Waals surface area contributed by atoms with E-state index in [1.807, 2.05) is 12.1 Å². The molecule has 0 unspecified atom stereocenters. The van der Waals surface area contributed by atoms with E-state index in [4.69, 9.17) is 0 Å². The minimum absolute atomic E-state index is 0.241. The van der Waals surface area contributed by atoms with Crippen LogP contribution >= 0.6 is 38.5 Å². The fourth-order valence-corrected chi connectivity index (χ4v) is 2.20. The van der Waals surface area contributed by atoms with Gasteiger partial charge in [0.15, 0.2) is 0 Å². The lowest BCUT2D eigenvalue weighted by Gasteiger charge is -2.11. The average Bonchev–Trinajstić information content (AvgIpc) is 2.29. The van der Waals surface area contributed by atoms with E-state index in [0.717, 1.165) is 3.57 Å². The van der Waals surface area contributed by atoms with Gasteiger partial charge >= 0.3 is 0 Å². The van der Waals surface area contributed by atoms with Crippen molar-refractivity contribution in [2.45, 2.75) is 0 Å². The maximum absolute atomic E-state index is 12.0. The van der Waals surface area contributed by atoms with Gasteiger partial charge in [-0.05, 0) is 62.8 Å². The molecule has 0 aliphatic rings. The Labute approximate surface area is 119 Å². The molecule has 0 aliphatic heterocycles. The molecule has 4 nitrogen and oxygen atoms in total. The van der Waals surface area contributed by atoms with E-state index in [0.29, 0.717) is 5.69 Å².